The molecular formula is C22H38HfSi. The molecule has 0 aromatic rings. The predicted molar refractivity (Wildman–Crippen MR) is 110 cm³/mol. The van der Waals surface area contributed by atoms with Gasteiger partial charge >= 0.3 is 152 Å². The van der Waals surface area contributed by atoms with Crippen LogP contribution in [0.4, 0.5) is 0 Å². The summed E-state index contributed by atoms with van der Waals surface area (Å²) in [5.74, 6) is 0. The molecule has 0 N–H and O–H groups in total. The average Bonchev–Trinajstić information content (AvgIpc) is 3.08. The van der Waals surface area contributed by atoms with Gasteiger partial charge in [0.2, 0.25) is 0 Å². The van der Waals surface area contributed by atoms with Crippen LogP contribution in [0.3, 0.4) is 0 Å². The van der Waals surface area contributed by atoms with Gasteiger partial charge in [-0.2, -0.15) is 0 Å². The molecule has 0 amide bonds. The first kappa shape index (κ1) is 20.4. The molecule has 0 unspecified atom stereocenters. The first-order valence-corrected chi connectivity index (χ1v) is 26.2. The van der Waals surface area contributed by atoms with Crippen molar-refractivity contribution >= 4 is 5.49 Å². The van der Waals surface area contributed by atoms with Crippen LogP contribution in [0.15, 0.2) is 43.1 Å². The van der Waals surface area contributed by atoms with Crippen LogP contribution in [0.25, 0.3) is 0 Å². The van der Waals surface area contributed by atoms with Crippen molar-refractivity contribution in [2.75, 3.05) is 0 Å². The maximum absolute atomic E-state index is 3.48. The summed E-state index contributed by atoms with van der Waals surface area (Å²) in [5, 5.41) is 0. The number of hydrogen-bond acceptors (Lipinski definition) is 0. The van der Waals surface area contributed by atoms with E-state index in [-0.39, 0.29) is 0 Å². The molecule has 0 spiro atoms. The molecule has 0 radical (unpaired) electrons. The van der Waals surface area contributed by atoms with Gasteiger partial charge < -0.3 is 0 Å². The Bertz CT molecular complexity index is 637. The Balaban J connectivity index is 2.90. The summed E-state index contributed by atoms with van der Waals surface area (Å²) < 4.78 is 6.77. The number of hydrogen-bond donors (Lipinski definition) is 0. The van der Waals surface area contributed by atoms with Crippen LogP contribution in [-0.2, 0) is 17.1 Å². The standard InChI is InChI=1S/2C5H5.2C5H11.C2H6Si.Hf/c2*1-2-4-5-3-1;2*1-5(2,3)4;1-3-2;/h2*1-3H,4H2;2*1H2,2-4H3;1-2H3;. The van der Waals surface area contributed by atoms with E-state index in [2.05, 4.69) is 91.1 Å². The zero-order valence-electron chi connectivity index (χ0n) is 17.3. The fourth-order valence-electron chi connectivity index (χ4n) is 5.85. The molecule has 134 valence electrons. The van der Waals surface area contributed by atoms with Crippen molar-refractivity contribution in [3.63, 3.8) is 0 Å². The molecule has 0 saturated heterocycles. The van der Waals surface area contributed by atoms with E-state index in [1.165, 1.54) is 21.2 Å². The summed E-state index contributed by atoms with van der Waals surface area (Å²) in [7, 11) is 0. The second kappa shape index (κ2) is 6.65. The van der Waals surface area contributed by atoms with E-state index in [1.807, 2.05) is 6.66 Å². The van der Waals surface area contributed by atoms with Gasteiger partial charge in [0.05, 0.1) is 0 Å². The van der Waals surface area contributed by atoms with Gasteiger partial charge in [-0.05, 0) is 0 Å². The molecule has 0 aromatic carbocycles. The monoisotopic (exact) mass is 510 g/mol. The molecular weight excluding hydrogens is 471 g/mol. The van der Waals surface area contributed by atoms with Crippen LogP contribution in [0.1, 0.15) is 54.4 Å². The van der Waals surface area contributed by atoms with E-state index in [0.717, 1.165) is 0 Å². The molecule has 0 aliphatic heterocycles. The minimum atomic E-state index is -3.48. The minimum absolute atomic E-state index is 0.399. The van der Waals surface area contributed by atoms with E-state index in [1.54, 1.807) is 0 Å². The third kappa shape index (κ3) is 3.61. The van der Waals surface area contributed by atoms with Gasteiger partial charge in [-0.15, -0.1) is 0 Å². The van der Waals surface area contributed by atoms with Gasteiger partial charge in [-0.1, -0.05) is 0 Å². The summed E-state index contributed by atoms with van der Waals surface area (Å²) in [4.78, 5) is 0. The molecule has 0 fully saturated rings. The molecule has 24 heavy (non-hydrogen) atoms. The molecule has 2 heteroatoms. The Labute approximate surface area is 151 Å². The van der Waals surface area contributed by atoms with Crippen molar-refractivity contribution in [1.29, 1.82) is 0 Å². The van der Waals surface area contributed by atoms with Crippen molar-refractivity contribution in [3.05, 3.63) is 43.1 Å². The third-order valence-corrected chi connectivity index (χ3v) is 69.8. The van der Waals surface area contributed by atoms with Crippen LogP contribution >= 0.6 is 0 Å². The van der Waals surface area contributed by atoms with E-state index in [0.29, 0.717) is 10.8 Å². The van der Waals surface area contributed by atoms with Crippen LogP contribution in [0.5, 0.6) is 0 Å². The van der Waals surface area contributed by atoms with Gasteiger partial charge in [0.15, 0.2) is 0 Å². The fourth-order valence-corrected chi connectivity index (χ4v) is 71.0. The predicted octanol–water partition coefficient (Wildman–Crippen LogP) is 7.54. The second-order valence-electron chi connectivity index (χ2n) is 10.8. The summed E-state index contributed by atoms with van der Waals surface area (Å²) >= 11 is -3.48. The van der Waals surface area contributed by atoms with Crippen molar-refractivity contribution in [1.82, 2.24) is 0 Å². The van der Waals surface area contributed by atoms with Gasteiger partial charge in [0, 0.05) is 0 Å². The normalized spacial score (nSPS) is 18.9. The molecule has 2 rings (SSSR count). The van der Waals surface area contributed by atoms with Gasteiger partial charge in [0.1, 0.15) is 0 Å². The van der Waals surface area contributed by atoms with E-state index in [9.17, 15) is 0 Å². The molecule has 0 aromatic heterocycles. The summed E-state index contributed by atoms with van der Waals surface area (Å²) in [6, 6.07) is 0. The van der Waals surface area contributed by atoms with Crippen molar-refractivity contribution in [2.24, 2.45) is 10.8 Å². The zero-order valence-corrected chi connectivity index (χ0v) is 21.9. The molecule has 0 heterocycles. The third-order valence-electron chi connectivity index (χ3n) is 6.14. The molecule has 0 bridgehead atoms. The summed E-state index contributed by atoms with van der Waals surface area (Å²) in [5.41, 5.74) is 0.377. The Morgan fingerprint density at radius 2 is 1.17 bits per heavy atom. The van der Waals surface area contributed by atoms with Gasteiger partial charge in [-0.3, -0.25) is 0 Å². The van der Waals surface area contributed by atoms with Gasteiger partial charge in [-0.25, -0.2) is 0 Å². The topological polar surface area (TPSA) is 0 Å². The molecule has 2 aliphatic rings. The molecule has 0 nitrogen and oxygen atoms in total. The molecule has 0 atom stereocenters. The van der Waals surface area contributed by atoms with E-state index >= 15 is 0 Å². The van der Waals surface area contributed by atoms with Crippen LogP contribution in [-0.4, -0.2) is 5.49 Å². The van der Waals surface area contributed by atoms with Crippen molar-refractivity contribution in [3.8, 4) is 0 Å². The van der Waals surface area contributed by atoms with Gasteiger partial charge in [0.25, 0.3) is 0 Å². The second-order valence-corrected chi connectivity index (χ2v) is 52.7. The number of allylic oxidation sites excluding steroid dienone is 8. The van der Waals surface area contributed by atoms with E-state index < -0.39 is 22.6 Å². The zero-order chi connectivity index (χ0) is 18.3. The summed E-state index contributed by atoms with van der Waals surface area (Å²) in [6.45, 7) is 20.3. The first-order chi connectivity index (χ1) is 10.9. The van der Waals surface area contributed by atoms with Crippen molar-refractivity contribution < 1.29 is 17.1 Å². The Morgan fingerprint density at radius 3 is 1.38 bits per heavy atom. The Kier molecular flexibility index (Phi) is 5.64. The van der Waals surface area contributed by atoms with Crippen LogP contribution < -0.4 is 0 Å². The van der Waals surface area contributed by atoms with E-state index in [4.69, 9.17) is 0 Å². The van der Waals surface area contributed by atoms with Crippen LogP contribution in [0, 0.1) is 10.8 Å². The molecule has 2 aliphatic carbocycles. The van der Waals surface area contributed by atoms with Crippen LogP contribution in [0.2, 0.25) is 21.4 Å². The average molecular weight is 509 g/mol. The Hall–Kier alpha value is 0.0470. The fraction of sp³-hybridized carbons (Fsp3) is 0.636. The van der Waals surface area contributed by atoms with Crippen molar-refractivity contribution in [2.45, 2.75) is 75.8 Å². The summed E-state index contributed by atoms with van der Waals surface area (Å²) in [6.07, 6.45) is 17.1. The first-order valence-electron chi connectivity index (χ1n) is 9.60. The quantitative estimate of drug-likeness (QED) is 0.344. The SMILES string of the molecule is C[Si](C)=[Hf]([CH2]C(C)(C)C)([CH2]C(C)(C)C)([C]1=CC=CC1)[C]1=CC=CC1. The maximum atomic E-state index is 2.66. The Morgan fingerprint density at radius 1 is 0.792 bits per heavy atom. The molecule has 0 saturated carbocycles. The number of rotatable bonds is 4.